The van der Waals surface area contributed by atoms with Crippen molar-refractivity contribution >= 4 is 23.2 Å². The molecule has 4 rings (SSSR count). The monoisotopic (exact) mass is 480 g/mol. The van der Waals surface area contributed by atoms with Crippen LogP contribution in [0, 0.1) is 11.3 Å². The minimum atomic E-state index is -5.08. The maximum atomic E-state index is 12.8. The normalized spacial score (nSPS) is 15.3. The predicted molar refractivity (Wildman–Crippen MR) is 106 cm³/mol. The summed E-state index contributed by atoms with van der Waals surface area (Å²) in [4.78, 5) is 31.6. The number of fused-ring (bicyclic) bond motifs is 1. The van der Waals surface area contributed by atoms with Crippen molar-refractivity contribution in [1.82, 2.24) is 24.6 Å². The van der Waals surface area contributed by atoms with Gasteiger partial charge in [0.05, 0.1) is 36.4 Å². The minimum absolute atomic E-state index is 0.137. The summed E-state index contributed by atoms with van der Waals surface area (Å²) in [6.07, 6.45) is -2.23. The summed E-state index contributed by atoms with van der Waals surface area (Å²) < 4.78 is 39.5. The molecular weight excluding hydrogens is 465 g/mol. The molecule has 1 unspecified atom stereocenters. The van der Waals surface area contributed by atoms with Gasteiger partial charge in [-0.3, -0.25) is 9.48 Å². The molecule has 0 saturated carbocycles. The third kappa shape index (κ3) is 6.26. The first-order valence-electron chi connectivity index (χ1n) is 9.18. The van der Waals surface area contributed by atoms with E-state index in [0.717, 1.165) is 5.69 Å². The lowest BCUT2D eigenvalue weighted by molar-refractivity contribution is -0.192. The maximum absolute atomic E-state index is 12.8. The minimum Gasteiger partial charge on any atom is -0.475 e. The van der Waals surface area contributed by atoms with Gasteiger partial charge in [-0.25, -0.2) is 14.8 Å². The third-order valence-electron chi connectivity index (χ3n) is 4.29. The Morgan fingerprint density at radius 2 is 2.00 bits per heavy atom. The lowest BCUT2D eigenvalue weighted by atomic mass is 10.3. The number of aromatic nitrogens is 4. The number of carbonyl (C=O) groups excluding carboxylic acids is 1. The first-order valence-corrected chi connectivity index (χ1v) is 10.1. The van der Waals surface area contributed by atoms with E-state index < -0.39 is 12.1 Å². The zero-order valence-corrected chi connectivity index (χ0v) is 17.5. The number of thiazole rings is 1. The fraction of sp³-hybridized carbons (Fsp3) is 0.263. The van der Waals surface area contributed by atoms with Crippen LogP contribution < -0.4 is 4.74 Å². The van der Waals surface area contributed by atoms with Crippen LogP contribution in [0.5, 0.6) is 5.88 Å². The number of ether oxygens (including phenoxy) is 1. The Hall–Kier alpha value is -3.99. The van der Waals surface area contributed by atoms with E-state index in [1.165, 1.54) is 17.5 Å². The summed E-state index contributed by atoms with van der Waals surface area (Å²) in [7, 11) is 0. The Morgan fingerprint density at radius 3 is 2.58 bits per heavy atom. The van der Waals surface area contributed by atoms with Crippen molar-refractivity contribution in [3.63, 3.8) is 0 Å². The van der Waals surface area contributed by atoms with Gasteiger partial charge in [0.1, 0.15) is 17.9 Å². The number of pyridine rings is 1. The Kier molecular flexibility index (Phi) is 7.23. The molecule has 0 aliphatic carbocycles. The SMILES string of the molecule is N#Cc1ccc(OC2CN(C(=O)c3cscn3)Cc3ccnn3C2)nc1.O=C(O)C(F)(F)F. The number of nitriles is 1. The Morgan fingerprint density at radius 1 is 1.24 bits per heavy atom. The summed E-state index contributed by atoms with van der Waals surface area (Å²) in [5.41, 5.74) is 3.47. The average molecular weight is 480 g/mol. The van der Waals surface area contributed by atoms with Crippen molar-refractivity contribution in [3.8, 4) is 11.9 Å². The number of carboxylic acids is 1. The van der Waals surface area contributed by atoms with Gasteiger partial charge in [0, 0.05) is 23.8 Å². The molecular formula is C19H15F3N6O4S. The van der Waals surface area contributed by atoms with Crippen LogP contribution in [0.3, 0.4) is 0 Å². The number of carbonyl (C=O) groups is 2. The number of amides is 1. The van der Waals surface area contributed by atoms with Crippen LogP contribution in [0.4, 0.5) is 13.2 Å². The van der Waals surface area contributed by atoms with Gasteiger partial charge in [-0.1, -0.05) is 0 Å². The lowest BCUT2D eigenvalue weighted by Gasteiger charge is -2.23. The van der Waals surface area contributed by atoms with E-state index in [1.54, 1.807) is 34.1 Å². The average Bonchev–Trinajstić information content (AvgIpc) is 3.43. The molecule has 1 aliphatic heterocycles. The van der Waals surface area contributed by atoms with Crippen LogP contribution in [-0.4, -0.2) is 60.5 Å². The number of alkyl halides is 3. The van der Waals surface area contributed by atoms with Gasteiger partial charge in [0.15, 0.2) is 0 Å². The predicted octanol–water partition coefficient (Wildman–Crippen LogP) is 2.34. The second kappa shape index (κ2) is 10.1. The standard InChI is InChI=1S/C17H14N6O2S.C2HF3O2/c18-5-12-1-2-16(19-6-12)25-14-8-22(17(24)15-10-26-11-20-15)7-13-3-4-21-23(13)9-14;3-2(4,5)1(6)7/h1-4,6,10-11,14H,7-9H2;(H,6,7). The van der Waals surface area contributed by atoms with E-state index >= 15 is 0 Å². The number of nitrogens with zero attached hydrogens (tertiary/aromatic N) is 6. The summed E-state index contributed by atoms with van der Waals surface area (Å²) in [6, 6.07) is 7.22. The molecule has 0 radical (unpaired) electrons. The first-order chi connectivity index (χ1) is 15.7. The van der Waals surface area contributed by atoms with Gasteiger partial charge in [0.2, 0.25) is 5.88 Å². The lowest BCUT2D eigenvalue weighted by Crippen LogP contribution is -2.39. The van der Waals surface area contributed by atoms with Crippen molar-refractivity contribution in [2.24, 2.45) is 0 Å². The van der Waals surface area contributed by atoms with Crippen LogP contribution in [0.1, 0.15) is 21.7 Å². The molecule has 0 aromatic carbocycles. The van der Waals surface area contributed by atoms with E-state index in [0.29, 0.717) is 36.8 Å². The van der Waals surface area contributed by atoms with Crippen molar-refractivity contribution in [2.75, 3.05) is 6.54 Å². The topological polar surface area (TPSA) is 134 Å². The summed E-state index contributed by atoms with van der Waals surface area (Å²) in [5.74, 6) is -2.49. The zero-order chi connectivity index (χ0) is 24.0. The van der Waals surface area contributed by atoms with Crippen LogP contribution in [-0.2, 0) is 17.9 Å². The van der Waals surface area contributed by atoms with E-state index in [-0.39, 0.29) is 12.0 Å². The molecule has 1 N–H and O–H groups in total. The van der Waals surface area contributed by atoms with E-state index in [4.69, 9.17) is 19.9 Å². The highest BCUT2D eigenvalue weighted by atomic mass is 32.1. The van der Waals surface area contributed by atoms with Crippen LogP contribution in [0.25, 0.3) is 0 Å². The summed E-state index contributed by atoms with van der Waals surface area (Å²) in [5, 5.41) is 22.0. The first kappa shape index (κ1) is 23.7. The molecule has 1 aliphatic rings. The van der Waals surface area contributed by atoms with Crippen molar-refractivity contribution in [2.45, 2.75) is 25.4 Å². The molecule has 172 valence electrons. The highest BCUT2D eigenvalue weighted by Crippen LogP contribution is 2.19. The molecule has 4 heterocycles. The van der Waals surface area contributed by atoms with E-state index in [1.807, 2.05) is 16.8 Å². The number of carboxylic acid groups (broad SMARTS) is 1. The van der Waals surface area contributed by atoms with Gasteiger partial charge in [-0.15, -0.1) is 11.3 Å². The maximum Gasteiger partial charge on any atom is 0.490 e. The highest BCUT2D eigenvalue weighted by molar-refractivity contribution is 7.07. The zero-order valence-electron chi connectivity index (χ0n) is 16.6. The van der Waals surface area contributed by atoms with Gasteiger partial charge in [0.25, 0.3) is 5.91 Å². The second-order valence-corrected chi connectivity index (χ2v) is 7.32. The molecule has 0 bridgehead atoms. The fourth-order valence-electron chi connectivity index (χ4n) is 2.81. The number of hydrogen-bond donors (Lipinski definition) is 1. The molecule has 1 atom stereocenters. The molecule has 3 aromatic heterocycles. The molecule has 33 heavy (non-hydrogen) atoms. The quantitative estimate of drug-likeness (QED) is 0.604. The van der Waals surface area contributed by atoms with Crippen LogP contribution >= 0.6 is 11.3 Å². The van der Waals surface area contributed by atoms with Gasteiger partial charge in [-0.05, 0) is 12.1 Å². The number of hydrogen-bond acceptors (Lipinski definition) is 8. The van der Waals surface area contributed by atoms with Gasteiger partial charge in [-0.2, -0.15) is 23.5 Å². The smallest absolute Gasteiger partial charge is 0.475 e. The largest absolute Gasteiger partial charge is 0.490 e. The number of rotatable bonds is 3. The second-order valence-electron chi connectivity index (χ2n) is 6.60. The Bertz CT molecular complexity index is 1140. The van der Waals surface area contributed by atoms with E-state index in [9.17, 15) is 18.0 Å². The Balaban J connectivity index is 0.000000383. The van der Waals surface area contributed by atoms with Gasteiger partial charge < -0.3 is 14.7 Å². The van der Waals surface area contributed by atoms with Crippen molar-refractivity contribution < 1.29 is 32.6 Å². The Labute approximate surface area is 188 Å². The van der Waals surface area contributed by atoms with Crippen molar-refractivity contribution in [1.29, 1.82) is 5.26 Å². The summed E-state index contributed by atoms with van der Waals surface area (Å²) >= 11 is 1.39. The third-order valence-corrected chi connectivity index (χ3v) is 4.88. The van der Waals surface area contributed by atoms with Gasteiger partial charge >= 0.3 is 12.1 Å². The molecule has 3 aromatic rings. The molecule has 1 amide bonds. The molecule has 0 spiro atoms. The van der Waals surface area contributed by atoms with E-state index in [2.05, 4.69) is 15.1 Å². The van der Waals surface area contributed by atoms with Crippen molar-refractivity contribution in [3.05, 3.63) is 58.4 Å². The fourth-order valence-corrected chi connectivity index (χ4v) is 3.34. The molecule has 10 nitrogen and oxygen atoms in total. The number of halogens is 3. The summed E-state index contributed by atoms with van der Waals surface area (Å²) in [6.45, 7) is 1.34. The highest BCUT2D eigenvalue weighted by Gasteiger charge is 2.38. The molecule has 0 saturated heterocycles. The van der Waals surface area contributed by atoms with Crippen LogP contribution in [0.15, 0.2) is 41.5 Å². The van der Waals surface area contributed by atoms with Crippen LogP contribution in [0.2, 0.25) is 0 Å². The molecule has 0 fully saturated rings. The number of aliphatic carboxylic acids is 1. The molecule has 14 heteroatoms.